The molecule has 2 aliphatic rings. The molecular weight excluding hydrogens is 287 g/mol. The van der Waals surface area contributed by atoms with E-state index in [1.54, 1.807) is 7.11 Å². The molecule has 4 heteroatoms. The minimum atomic E-state index is -0.514. The summed E-state index contributed by atoms with van der Waals surface area (Å²) in [6, 6.07) is 0. The van der Waals surface area contributed by atoms with Gasteiger partial charge in [0.1, 0.15) is 18.5 Å². The Kier molecular flexibility index (Phi) is 5.67. The van der Waals surface area contributed by atoms with Gasteiger partial charge < -0.3 is 9.47 Å². The van der Waals surface area contributed by atoms with Crippen LogP contribution in [0.25, 0.3) is 0 Å². The molecule has 0 aliphatic heterocycles. The summed E-state index contributed by atoms with van der Waals surface area (Å²) in [5, 5.41) is 0. The Morgan fingerprint density at radius 2 is 2.12 bits per heavy atom. The quantitative estimate of drug-likeness (QED) is 0.778. The monoisotopic (exact) mass is 306 g/mol. The van der Waals surface area contributed by atoms with Crippen molar-refractivity contribution in [1.29, 1.82) is 0 Å². The fourth-order valence-corrected chi connectivity index (χ4v) is 2.06. The first-order chi connectivity index (χ1) is 8.19. The van der Waals surface area contributed by atoms with Crippen LogP contribution in [0.1, 0.15) is 33.1 Å². The van der Waals surface area contributed by atoms with Gasteiger partial charge in [0, 0.05) is 10.9 Å². The molecule has 2 nitrogen and oxygen atoms in total. The van der Waals surface area contributed by atoms with Crippen LogP contribution in [0.15, 0.2) is 22.4 Å². The molecule has 1 unspecified atom stereocenters. The summed E-state index contributed by atoms with van der Waals surface area (Å²) >= 11 is 3.38. The van der Waals surface area contributed by atoms with Crippen LogP contribution < -0.4 is 0 Å². The number of allylic oxidation sites excluding steroid dienone is 2. The molecule has 1 atom stereocenters. The first-order valence-corrected chi connectivity index (χ1v) is 6.83. The van der Waals surface area contributed by atoms with Crippen molar-refractivity contribution in [3.8, 4) is 0 Å². The van der Waals surface area contributed by atoms with Crippen LogP contribution in [-0.4, -0.2) is 25.5 Å². The summed E-state index contributed by atoms with van der Waals surface area (Å²) in [5.74, 6) is 0.768. The zero-order valence-corrected chi connectivity index (χ0v) is 12.2. The van der Waals surface area contributed by atoms with E-state index in [-0.39, 0.29) is 6.10 Å². The fourth-order valence-electron chi connectivity index (χ4n) is 1.64. The Bertz CT molecular complexity index is 309. The normalized spacial score (nSPS) is 25.1. The molecule has 17 heavy (non-hydrogen) atoms. The van der Waals surface area contributed by atoms with Crippen molar-refractivity contribution in [3.63, 3.8) is 0 Å². The molecule has 0 heterocycles. The number of halogens is 2. The molecule has 0 radical (unpaired) electrons. The Morgan fingerprint density at radius 1 is 1.47 bits per heavy atom. The van der Waals surface area contributed by atoms with E-state index in [0.29, 0.717) is 0 Å². The number of alkyl halides is 1. The molecular formula is C13H20BrFO2. The van der Waals surface area contributed by atoms with Gasteiger partial charge in [-0.2, -0.15) is 0 Å². The van der Waals surface area contributed by atoms with Crippen molar-refractivity contribution in [2.75, 3.05) is 13.8 Å². The highest BCUT2D eigenvalue weighted by Gasteiger charge is 2.46. The average Bonchev–Trinajstić information content (AvgIpc) is 3.14. The predicted molar refractivity (Wildman–Crippen MR) is 70.9 cm³/mol. The number of rotatable bonds is 4. The van der Waals surface area contributed by atoms with Gasteiger partial charge in [-0.25, -0.2) is 4.39 Å². The first-order valence-electron chi connectivity index (χ1n) is 6.04. The maximum Gasteiger partial charge on any atom is 0.126 e. The van der Waals surface area contributed by atoms with Crippen LogP contribution in [0, 0.1) is 0 Å². The molecule has 98 valence electrons. The third kappa shape index (κ3) is 3.81. The Labute approximate surface area is 111 Å². The maximum absolute atomic E-state index is 12.7. The van der Waals surface area contributed by atoms with Crippen molar-refractivity contribution in [1.82, 2.24) is 0 Å². The van der Waals surface area contributed by atoms with Gasteiger partial charge in [-0.3, -0.25) is 0 Å². The summed E-state index contributed by atoms with van der Waals surface area (Å²) < 4.78 is 24.7. The highest BCUT2D eigenvalue weighted by atomic mass is 79.9. The lowest BCUT2D eigenvalue weighted by atomic mass is 10.1. The van der Waals surface area contributed by atoms with Crippen molar-refractivity contribution < 1.29 is 13.9 Å². The fraction of sp³-hybridized carbons (Fsp3) is 0.692. The van der Waals surface area contributed by atoms with Gasteiger partial charge in [-0.15, -0.1) is 0 Å². The largest absolute Gasteiger partial charge is 0.498 e. The topological polar surface area (TPSA) is 18.5 Å². The van der Waals surface area contributed by atoms with Crippen molar-refractivity contribution in [2.45, 2.75) is 44.8 Å². The third-order valence-corrected chi connectivity index (χ3v) is 3.36. The number of hydrogen-bond donors (Lipinski definition) is 0. The van der Waals surface area contributed by atoms with E-state index in [1.807, 2.05) is 26.0 Å². The summed E-state index contributed by atoms with van der Waals surface area (Å²) in [6.45, 7) is 3.60. The summed E-state index contributed by atoms with van der Waals surface area (Å²) in [6.07, 6.45) is 6.14. The van der Waals surface area contributed by atoms with Gasteiger partial charge in [0.25, 0.3) is 0 Å². The second-order valence-electron chi connectivity index (χ2n) is 4.00. The Morgan fingerprint density at radius 3 is 2.59 bits per heavy atom. The minimum Gasteiger partial charge on any atom is -0.498 e. The molecule has 1 fully saturated rings. The SMILES string of the molecule is CC.COC1=CC(Br)=CCC1OC1(CF)CC1. The van der Waals surface area contributed by atoms with Gasteiger partial charge in [0.15, 0.2) is 0 Å². The highest BCUT2D eigenvalue weighted by Crippen LogP contribution is 2.43. The Balaban J connectivity index is 0.000000686. The van der Waals surface area contributed by atoms with E-state index >= 15 is 0 Å². The lowest BCUT2D eigenvalue weighted by Gasteiger charge is -2.25. The lowest BCUT2D eigenvalue weighted by Crippen LogP contribution is -2.28. The van der Waals surface area contributed by atoms with E-state index < -0.39 is 12.3 Å². The van der Waals surface area contributed by atoms with Gasteiger partial charge in [0.05, 0.1) is 12.7 Å². The number of ether oxygens (including phenoxy) is 2. The van der Waals surface area contributed by atoms with Gasteiger partial charge in [-0.05, 0) is 18.9 Å². The second kappa shape index (κ2) is 6.55. The number of methoxy groups -OCH3 is 1. The first kappa shape index (κ1) is 14.7. The third-order valence-electron chi connectivity index (χ3n) is 2.80. The van der Waals surface area contributed by atoms with E-state index in [0.717, 1.165) is 29.5 Å². The van der Waals surface area contributed by atoms with E-state index in [9.17, 15) is 4.39 Å². The predicted octanol–water partition coefficient (Wildman–Crippen LogP) is 4.11. The molecule has 0 spiro atoms. The summed E-state index contributed by atoms with van der Waals surface area (Å²) in [4.78, 5) is 0. The molecule has 2 rings (SSSR count). The van der Waals surface area contributed by atoms with Crippen LogP contribution in [-0.2, 0) is 9.47 Å². The summed E-state index contributed by atoms with van der Waals surface area (Å²) in [7, 11) is 1.61. The van der Waals surface area contributed by atoms with Crippen LogP contribution >= 0.6 is 15.9 Å². The maximum atomic E-state index is 12.7. The van der Waals surface area contributed by atoms with Crippen LogP contribution in [0.2, 0.25) is 0 Å². The molecule has 0 aromatic carbocycles. The molecule has 1 saturated carbocycles. The zero-order valence-electron chi connectivity index (χ0n) is 10.6. The van der Waals surface area contributed by atoms with Crippen LogP contribution in [0.3, 0.4) is 0 Å². The molecule has 0 saturated heterocycles. The molecule has 0 N–H and O–H groups in total. The highest BCUT2D eigenvalue weighted by molar-refractivity contribution is 9.11. The second-order valence-corrected chi connectivity index (χ2v) is 4.91. The van der Waals surface area contributed by atoms with Crippen LogP contribution in [0.5, 0.6) is 0 Å². The van der Waals surface area contributed by atoms with E-state index in [2.05, 4.69) is 15.9 Å². The summed E-state index contributed by atoms with van der Waals surface area (Å²) in [5.41, 5.74) is -0.514. The van der Waals surface area contributed by atoms with Gasteiger partial charge in [-0.1, -0.05) is 35.9 Å². The van der Waals surface area contributed by atoms with E-state index in [4.69, 9.17) is 9.47 Å². The van der Waals surface area contributed by atoms with Crippen LogP contribution in [0.4, 0.5) is 4.39 Å². The Hall–Kier alpha value is -0.350. The molecule has 2 aliphatic carbocycles. The molecule has 0 aromatic rings. The average molecular weight is 307 g/mol. The molecule has 0 aromatic heterocycles. The minimum absolute atomic E-state index is 0.130. The van der Waals surface area contributed by atoms with Crippen molar-refractivity contribution in [2.24, 2.45) is 0 Å². The standard InChI is InChI=1S/C11H14BrFO2.C2H6/c1-14-10-6-8(12)2-3-9(10)15-11(7-13)4-5-11;1-2/h2,6,9H,3-5,7H2,1H3;1-2H3. The lowest BCUT2D eigenvalue weighted by molar-refractivity contribution is -0.0440. The van der Waals surface area contributed by atoms with Gasteiger partial charge >= 0.3 is 0 Å². The molecule has 0 bridgehead atoms. The molecule has 0 amide bonds. The zero-order chi connectivity index (χ0) is 12.9. The number of hydrogen-bond acceptors (Lipinski definition) is 2. The van der Waals surface area contributed by atoms with Gasteiger partial charge in [0.2, 0.25) is 0 Å². The van der Waals surface area contributed by atoms with Crippen molar-refractivity contribution in [3.05, 3.63) is 22.4 Å². The smallest absolute Gasteiger partial charge is 0.126 e. The van der Waals surface area contributed by atoms with Crippen molar-refractivity contribution >= 4 is 15.9 Å². The van der Waals surface area contributed by atoms with E-state index in [1.165, 1.54) is 0 Å².